The Morgan fingerprint density at radius 1 is 1.43 bits per heavy atom. The van der Waals surface area contributed by atoms with E-state index < -0.39 is 5.60 Å². The molecule has 2 rings (SSSR count). The fourth-order valence-electron chi connectivity index (χ4n) is 1.55. The molecule has 0 saturated heterocycles. The molecule has 0 unspecified atom stereocenters. The Bertz CT molecular complexity index is 342. The van der Waals surface area contributed by atoms with Crippen LogP contribution in [0.3, 0.4) is 0 Å². The van der Waals surface area contributed by atoms with Crippen molar-refractivity contribution in [1.29, 1.82) is 0 Å². The fourth-order valence-corrected chi connectivity index (χ4v) is 1.55. The average Bonchev–Trinajstić information content (AvgIpc) is 2.87. The van der Waals surface area contributed by atoms with Crippen molar-refractivity contribution in [3.63, 3.8) is 0 Å². The predicted octanol–water partition coefficient (Wildman–Crippen LogP) is 1.47. The molecule has 0 radical (unpaired) electrons. The Hall–Kier alpha value is -1.22. The highest BCUT2D eigenvalue weighted by Crippen LogP contribution is 2.40. The summed E-state index contributed by atoms with van der Waals surface area (Å²) in [6.45, 7) is 0. The fraction of sp³-hybridized carbons (Fsp3) is 0.455. The van der Waals surface area contributed by atoms with Gasteiger partial charge in [-0.25, -0.2) is 0 Å². The van der Waals surface area contributed by atoms with E-state index >= 15 is 0 Å². The van der Waals surface area contributed by atoms with Crippen molar-refractivity contribution < 1.29 is 14.9 Å². The standard InChI is InChI=1S/C11H14O3/c1-14-10-6-9(12)3-2-8(10)7-11(13)4-5-11/h2-3,6,12-13H,4-5,7H2,1H3. The van der Waals surface area contributed by atoms with E-state index in [4.69, 9.17) is 4.74 Å². The molecule has 76 valence electrons. The van der Waals surface area contributed by atoms with Crippen LogP contribution in [0.4, 0.5) is 0 Å². The number of phenols is 1. The Labute approximate surface area is 83.0 Å². The van der Waals surface area contributed by atoms with Crippen LogP contribution in [-0.2, 0) is 6.42 Å². The molecular formula is C11H14O3. The second-order valence-corrected chi connectivity index (χ2v) is 3.90. The Balaban J connectivity index is 2.23. The summed E-state index contributed by atoms with van der Waals surface area (Å²) in [5, 5.41) is 19.0. The van der Waals surface area contributed by atoms with Gasteiger partial charge in [-0.05, 0) is 24.5 Å². The molecule has 0 heterocycles. The second kappa shape index (κ2) is 3.17. The first-order valence-electron chi connectivity index (χ1n) is 4.71. The normalized spacial score (nSPS) is 17.9. The topological polar surface area (TPSA) is 49.7 Å². The summed E-state index contributed by atoms with van der Waals surface area (Å²) in [5.41, 5.74) is 0.426. The monoisotopic (exact) mass is 194 g/mol. The van der Waals surface area contributed by atoms with Gasteiger partial charge in [-0.3, -0.25) is 0 Å². The second-order valence-electron chi connectivity index (χ2n) is 3.90. The van der Waals surface area contributed by atoms with E-state index in [0.717, 1.165) is 18.4 Å². The van der Waals surface area contributed by atoms with E-state index in [1.54, 1.807) is 25.3 Å². The number of phenolic OH excluding ortho intramolecular Hbond substituents is 1. The number of hydrogen-bond donors (Lipinski definition) is 2. The zero-order valence-electron chi connectivity index (χ0n) is 8.16. The summed E-state index contributed by atoms with van der Waals surface area (Å²) >= 11 is 0. The van der Waals surface area contributed by atoms with Crippen LogP contribution in [0.2, 0.25) is 0 Å². The molecule has 1 aliphatic rings. The summed E-state index contributed by atoms with van der Waals surface area (Å²) < 4.78 is 5.13. The van der Waals surface area contributed by atoms with E-state index in [-0.39, 0.29) is 5.75 Å². The first-order chi connectivity index (χ1) is 6.63. The SMILES string of the molecule is COc1cc(O)ccc1CC1(O)CC1. The molecule has 2 N–H and O–H groups in total. The maximum atomic E-state index is 9.75. The van der Waals surface area contributed by atoms with Gasteiger partial charge in [0.05, 0.1) is 12.7 Å². The molecule has 1 saturated carbocycles. The van der Waals surface area contributed by atoms with E-state index in [1.807, 2.05) is 0 Å². The summed E-state index contributed by atoms with van der Waals surface area (Å²) in [4.78, 5) is 0. The van der Waals surface area contributed by atoms with Crippen molar-refractivity contribution >= 4 is 0 Å². The van der Waals surface area contributed by atoms with Crippen LogP contribution in [-0.4, -0.2) is 22.9 Å². The summed E-state index contributed by atoms with van der Waals surface area (Å²) in [7, 11) is 1.56. The average molecular weight is 194 g/mol. The minimum absolute atomic E-state index is 0.188. The lowest BCUT2D eigenvalue weighted by atomic mass is 10.1. The molecule has 1 aromatic carbocycles. The molecule has 3 heteroatoms. The smallest absolute Gasteiger partial charge is 0.125 e. The first-order valence-corrected chi connectivity index (χ1v) is 4.71. The van der Waals surface area contributed by atoms with Crippen LogP contribution in [0, 0.1) is 0 Å². The molecule has 1 aliphatic carbocycles. The zero-order chi connectivity index (χ0) is 10.2. The lowest BCUT2D eigenvalue weighted by molar-refractivity contribution is 0.150. The molecule has 1 aromatic rings. The maximum Gasteiger partial charge on any atom is 0.125 e. The molecule has 0 atom stereocenters. The minimum atomic E-state index is -0.524. The molecule has 14 heavy (non-hydrogen) atoms. The number of rotatable bonds is 3. The lowest BCUT2D eigenvalue weighted by Gasteiger charge is -2.11. The van der Waals surface area contributed by atoms with E-state index in [9.17, 15) is 10.2 Å². The van der Waals surface area contributed by atoms with Gasteiger partial charge < -0.3 is 14.9 Å². The van der Waals surface area contributed by atoms with Crippen LogP contribution >= 0.6 is 0 Å². The molecule has 3 nitrogen and oxygen atoms in total. The van der Waals surface area contributed by atoms with Gasteiger partial charge in [0.1, 0.15) is 11.5 Å². The summed E-state index contributed by atoms with van der Waals surface area (Å²) in [6, 6.07) is 4.98. The number of hydrogen-bond acceptors (Lipinski definition) is 3. The zero-order valence-corrected chi connectivity index (χ0v) is 8.16. The third-order valence-electron chi connectivity index (χ3n) is 2.62. The number of aliphatic hydroxyl groups is 1. The van der Waals surface area contributed by atoms with E-state index in [0.29, 0.717) is 12.2 Å². The number of aromatic hydroxyl groups is 1. The number of benzene rings is 1. The lowest BCUT2D eigenvalue weighted by Crippen LogP contribution is -2.11. The van der Waals surface area contributed by atoms with Crippen LogP contribution in [0.1, 0.15) is 18.4 Å². The number of methoxy groups -OCH3 is 1. The van der Waals surface area contributed by atoms with Gasteiger partial charge in [-0.2, -0.15) is 0 Å². The Morgan fingerprint density at radius 2 is 2.14 bits per heavy atom. The highest BCUT2D eigenvalue weighted by molar-refractivity contribution is 5.41. The maximum absolute atomic E-state index is 9.75. The van der Waals surface area contributed by atoms with Crippen LogP contribution in [0.25, 0.3) is 0 Å². The van der Waals surface area contributed by atoms with Crippen molar-refractivity contribution in [3.05, 3.63) is 23.8 Å². The number of ether oxygens (including phenoxy) is 1. The summed E-state index contributed by atoms with van der Waals surface area (Å²) in [5.74, 6) is 0.832. The first kappa shape index (κ1) is 9.34. The van der Waals surface area contributed by atoms with Crippen LogP contribution < -0.4 is 4.74 Å². The highest BCUT2D eigenvalue weighted by Gasteiger charge is 2.40. The molecule has 0 spiro atoms. The molecule has 0 aliphatic heterocycles. The molecule has 0 amide bonds. The van der Waals surface area contributed by atoms with Gasteiger partial charge in [-0.15, -0.1) is 0 Å². The summed E-state index contributed by atoms with van der Waals surface area (Å²) in [6.07, 6.45) is 2.32. The van der Waals surface area contributed by atoms with Gasteiger partial charge in [0.2, 0.25) is 0 Å². The molecular weight excluding hydrogens is 180 g/mol. The Kier molecular flexibility index (Phi) is 2.11. The van der Waals surface area contributed by atoms with Gasteiger partial charge >= 0.3 is 0 Å². The van der Waals surface area contributed by atoms with Crippen molar-refractivity contribution in [2.24, 2.45) is 0 Å². The quantitative estimate of drug-likeness (QED) is 0.766. The third kappa shape index (κ3) is 1.82. The van der Waals surface area contributed by atoms with Crippen molar-refractivity contribution in [2.75, 3.05) is 7.11 Å². The Morgan fingerprint density at radius 3 is 2.71 bits per heavy atom. The third-order valence-corrected chi connectivity index (χ3v) is 2.62. The van der Waals surface area contributed by atoms with E-state index in [2.05, 4.69) is 0 Å². The van der Waals surface area contributed by atoms with Crippen molar-refractivity contribution in [2.45, 2.75) is 24.9 Å². The van der Waals surface area contributed by atoms with Crippen molar-refractivity contribution in [3.8, 4) is 11.5 Å². The molecule has 1 fully saturated rings. The highest BCUT2D eigenvalue weighted by atomic mass is 16.5. The predicted molar refractivity (Wildman–Crippen MR) is 52.5 cm³/mol. The van der Waals surface area contributed by atoms with Crippen LogP contribution in [0.5, 0.6) is 11.5 Å². The van der Waals surface area contributed by atoms with Crippen molar-refractivity contribution in [1.82, 2.24) is 0 Å². The largest absolute Gasteiger partial charge is 0.508 e. The van der Waals surface area contributed by atoms with Gasteiger partial charge in [0, 0.05) is 12.5 Å². The van der Waals surface area contributed by atoms with Gasteiger partial charge in [0.25, 0.3) is 0 Å². The van der Waals surface area contributed by atoms with Gasteiger partial charge in [-0.1, -0.05) is 6.07 Å². The van der Waals surface area contributed by atoms with Crippen LogP contribution in [0.15, 0.2) is 18.2 Å². The van der Waals surface area contributed by atoms with Gasteiger partial charge in [0.15, 0.2) is 0 Å². The molecule has 0 aromatic heterocycles. The molecule has 0 bridgehead atoms. The van der Waals surface area contributed by atoms with E-state index in [1.165, 1.54) is 0 Å². The minimum Gasteiger partial charge on any atom is -0.508 e.